The van der Waals surface area contributed by atoms with E-state index in [1.807, 2.05) is 42.5 Å². The number of allylic oxidation sites excluding steroid dienone is 1. The van der Waals surface area contributed by atoms with Crippen LogP contribution in [0.2, 0.25) is 0 Å². The van der Waals surface area contributed by atoms with Gasteiger partial charge < -0.3 is 14.4 Å². The van der Waals surface area contributed by atoms with E-state index in [4.69, 9.17) is 9.47 Å². The molecule has 1 amide bonds. The highest BCUT2D eigenvalue weighted by atomic mass is 16.5. The molecule has 1 aromatic heterocycles. The molecule has 0 saturated carbocycles. The smallest absolute Gasteiger partial charge is 0.314 e. The molecule has 0 unspecified atom stereocenters. The van der Waals surface area contributed by atoms with Crippen molar-refractivity contribution in [2.45, 2.75) is 26.2 Å². The van der Waals surface area contributed by atoms with E-state index in [1.165, 1.54) is 7.11 Å². The number of nitrogens with zero attached hydrogens (tertiary/aromatic N) is 2. The van der Waals surface area contributed by atoms with Gasteiger partial charge in [0.2, 0.25) is 5.88 Å². The van der Waals surface area contributed by atoms with Gasteiger partial charge in [-0.2, -0.15) is 0 Å². The lowest BCUT2D eigenvalue weighted by atomic mass is 9.76. The fourth-order valence-electron chi connectivity index (χ4n) is 3.88. The molecule has 30 heavy (non-hydrogen) atoms. The summed E-state index contributed by atoms with van der Waals surface area (Å²) in [5, 5.41) is 0. The van der Waals surface area contributed by atoms with E-state index < -0.39 is 5.41 Å². The minimum atomic E-state index is -0.759. The van der Waals surface area contributed by atoms with Crippen LogP contribution in [0.5, 0.6) is 5.88 Å². The molecule has 1 aromatic carbocycles. The zero-order valence-electron chi connectivity index (χ0n) is 17.5. The van der Waals surface area contributed by atoms with Gasteiger partial charge in [-0.25, -0.2) is 4.98 Å². The maximum atomic E-state index is 13.2. The Bertz CT molecular complexity index is 897. The molecule has 6 nitrogen and oxygen atoms in total. The maximum absolute atomic E-state index is 13.2. The van der Waals surface area contributed by atoms with Crippen LogP contribution < -0.4 is 4.74 Å². The van der Waals surface area contributed by atoms with Crippen LogP contribution in [0.1, 0.15) is 42.1 Å². The molecular formula is C24H28N2O4. The number of likely N-dealkylation sites (tertiary alicyclic amines) is 1. The summed E-state index contributed by atoms with van der Waals surface area (Å²) < 4.78 is 10.7. The lowest BCUT2D eigenvalue weighted by Crippen LogP contribution is -2.50. The van der Waals surface area contributed by atoms with E-state index in [1.54, 1.807) is 30.2 Å². The van der Waals surface area contributed by atoms with Crippen molar-refractivity contribution in [1.82, 2.24) is 9.88 Å². The van der Waals surface area contributed by atoms with Gasteiger partial charge >= 0.3 is 5.97 Å². The van der Waals surface area contributed by atoms with Crippen LogP contribution >= 0.6 is 0 Å². The first-order chi connectivity index (χ1) is 14.6. The Morgan fingerprint density at radius 3 is 2.73 bits per heavy atom. The van der Waals surface area contributed by atoms with E-state index in [2.05, 4.69) is 4.98 Å². The Morgan fingerprint density at radius 2 is 2.00 bits per heavy atom. The molecule has 0 radical (unpaired) electrons. The molecule has 0 spiro atoms. The first kappa shape index (κ1) is 21.6. The predicted octanol–water partition coefficient (Wildman–Crippen LogP) is 3.98. The normalized spacial score (nSPS) is 18.9. The molecule has 6 heteroatoms. The fourth-order valence-corrected chi connectivity index (χ4v) is 3.88. The molecule has 2 heterocycles. The first-order valence-corrected chi connectivity index (χ1v) is 10.3. The van der Waals surface area contributed by atoms with Crippen LogP contribution in [0.25, 0.3) is 6.08 Å². The fraction of sp³-hybridized carbons (Fsp3) is 0.375. The van der Waals surface area contributed by atoms with Gasteiger partial charge in [0.05, 0.1) is 19.1 Å². The van der Waals surface area contributed by atoms with Crippen molar-refractivity contribution in [1.29, 1.82) is 0 Å². The highest BCUT2D eigenvalue weighted by Gasteiger charge is 2.44. The average Bonchev–Trinajstić information content (AvgIpc) is 2.79. The topological polar surface area (TPSA) is 68.7 Å². The number of carbonyl (C=O) groups excluding carboxylic acids is 2. The van der Waals surface area contributed by atoms with E-state index in [9.17, 15) is 9.59 Å². The third kappa shape index (κ3) is 4.87. The largest absolute Gasteiger partial charge is 0.480 e. The maximum Gasteiger partial charge on any atom is 0.314 e. The van der Waals surface area contributed by atoms with Crippen LogP contribution in [0.3, 0.4) is 0 Å². The number of hydrogen-bond acceptors (Lipinski definition) is 5. The molecule has 1 saturated heterocycles. The Hall–Kier alpha value is -3.15. The summed E-state index contributed by atoms with van der Waals surface area (Å²) in [5.41, 5.74) is 0.713. The number of benzene rings is 1. The second-order valence-corrected chi connectivity index (χ2v) is 7.41. The second-order valence-electron chi connectivity index (χ2n) is 7.41. The molecule has 2 aromatic rings. The average molecular weight is 408 g/mol. The molecule has 1 atom stereocenters. The standard InChI is InChI=1S/C24H28N2O4/c1-3-30-23(28)24(14-7-12-19-10-5-4-6-11-19)15-9-17-26(18-24)22(27)20-13-8-16-25-21(20)29-2/h4-8,10-13,16H,3,9,14-15,17-18H2,1-2H3/b12-7+/t24-/m0/s1. The molecule has 1 aliphatic rings. The monoisotopic (exact) mass is 408 g/mol. The summed E-state index contributed by atoms with van der Waals surface area (Å²) in [6.07, 6.45) is 7.51. The number of methoxy groups -OCH3 is 1. The molecule has 158 valence electrons. The van der Waals surface area contributed by atoms with Crippen LogP contribution in [-0.2, 0) is 9.53 Å². The highest BCUT2D eigenvalue weighted by molar-refractivity contribution is 5.96. The molecule has 1 fully saturated rings. The van der Waals surface area contributed by atoms with Crippen molar-refractivity contribution in [3.8, 4) is 5.88 Å². The summed E-state index contributed by atoms with van der Waals surface area (Å²) in [6, 6.07) is 13.4. The van der Waals surface area contributed by atoms with Gasteiger partial charge in [-0.05, 0) is 43.9 Å². The highest BCUT2D eigenvalue weighted by Crippen LogP contribution is 2.36. The van der Waals surface area contributed by atoms with E-state index in [0.717, 1.165) is 12.0 Å². The Morgan fingerprint density at radius 1 is 1.20 bits per heavy atom. The van der Waals surface area contributed by atoms with Gasteiger partial charge in [-0.15, -0.1) is 0 Å². The van der Waals surface area contributed by atoms with Crippen LogP contribution in [0.15, 0.2) is 54.7 Å². The Kier molecular flexibility index (Phi) is 7.22. The van der Waals surface area contributed by atoms with E-state index in [0.29, 0.717) is 44.0 Å². The second kappa shape index (κ2) is 10.1. The third-order valence-electron chi connectivity index (χ3n) is 5.39. The number of hydrogen-bond donors (Lipinski definition) is 0. The summed E-state index contributed by atoms with van der Waals surface area (Å²) in [4.78, 5) is 32.0. The van der Waals surface area contributed by atoms with Gasteiger partial charge in [0.1, 0.15) is 5.56 Å². The molecule has 3 rings (SSSR count). The molecule has 0 N–H and O–H groups in total. The van der Waals surface area contributed by atoms with Crippen molar-refractivity contribution in [2.24, 2.45) is 5.41 Å². The Balaban J connectivity index is 1.83. The van der Waals surface area contributed by atoms with Gasteiger partial charge in [0.25, 0.3) is 5.91 Å². The van der Waals surface area contributed by atoms with Gasteiger partial charge in [-0.1, -0.05) is 42.5 Å². The minimum absolute atomic E-state index is 0.180. The van der Waals surface area contributed by atoms with Gasteiger partial charge in [-0.3, -0.25) is 9.59 Å². The third-order valence-corrected chi connectivity index (χ3v) is 5.39. The van der Waals surface area contributed by atoms with Crippen molar-refractivity contribution in [3.63, 3.8) is 0 Å². The van der Waals surface area contributed by atoms with Crippen molar-refractivity contribution >= 4 is 18.0 Å². The first-order valence-electron chi connectivity index (χ1n) is 10.3. The summed E-state index contributed by atoms with van der Waals surface area (Å²) in [6.45, 7) is 3.01. The summed E-state index contributed by atoms with van der Waals surface area (Å²) in [5.74, 6) is -0.141. The molecular weight excluding hydrogens is 380 g/mol. The van der Waals surface area contributed by atoms with Crippen LogP contribution in [-0.4, -0.2) is 48.6 Å². The number of rotatable bonds is 7. The minimum Gasteiger partial charge on any atom is -0.480 e. The van der Waals surface area contributed by atoms with Crippen molar-refractivity contribution in [2.75, 3.05) is 26.8 Å². The quantitative estimate of drug-likeness (QED) is 0.648. The number of amides is 1. The Labute approximate surface area is 177 Å². The summed E-state index contributed by atoms with van der Waals surface area (Å²) >= 11 is 0. The zero-order chi connectivity index (χ0) is 21.4. The van der Waals surface area contributed by atoms with Crippen LogP contribution in [0, 0.1) is 5.41 Å². The number of esters is 1. The lowest BCUT2D eigenvalue weighted by molar-refractivity contribution is -0.158. The lowest BCUT2D eigenvalue weighted by Gasteiger charge is -2.40. The van der Waals surface area contributed by atoms with Gasteiger partial charge in [0.15, 0.2) is 0 Å². The summed E-state index contributed by atoms with van der Waals surface area (Å²) in [7, 11) is 1.49. The number of aromatic nitrogens is 1. The van der Waals surface area contributed by atoms with Crippen molar-refractivity contribution < 1.29 is 19.1 Å². The molecule has 0 aliphatic carbocycles. The van der Waals surface area contributed by atoms with E-state index >= 15 is 0 Å². The number of pyridine rings is 1. The predicted molar refractivity (Wildman–Crippen MR) is 115 cm³/mol. The van der Waals surface area contributed by atoms with Gasteiger partial charge in [0, 0.05) is 19.3 Å². The molecule has 0 bridgehead atoms. The zero-order valence-corrected chi connectivity index (χ0v) is 17.5. The number of ether oxygens (including phenoxy) is 2. The van der Waals surface area contributed by atoms with E-state index in [-0.39, 0.29) is 11.9 Å². The van der Waals surface area contributed by atoms with Crippen molar-refractivity contribution in [3.05, 3.63) is 65.9 Å². The molecule has 1 aliphatic heterocycles. The number of piperidine rings is 1. The SMILES string of the molecule is CCOC(=O)[C@@]1(C/C=C/c2ccccc2)CCCN(C(=O)c2cccnc2OC)C1. The number of carbonyl (C=O) groups is 2. The van der Waals surface area contributed by atoms with Crippen LogP contribution in [0.4, 0.5) is 0 Å².